The summed E-state index contributed by atoms with van der Waals surface area (Å²) in [5.41, 5.74) is 2.12. The molecule has 0 amide bonds. The van der Waals surface area contributed by atoms with E-state index in [0.717, 1.165) is 21.9 Å². The fourth-order valence-electron chi connectivity index (χ4n) is 1.02. The molecule has 0 saturated carbocycles. The van der Waals surface area contributed by atoms with Crippen molar-refractivity contribution in [1.29, 1.82) is 0 Å². The lowest BCUT2D eigenvalue weighted by Crippen LogP contribution is -1.86. The number of hydrogen-bond acceptors (Lipinski definition) is 1. The monoisotopic (exact) mass is 200 g/mol. The molecular formula is C11H17ClO. The van der Waals surface area contributed by atoms with Crippen LogP contribution in [0.15, 0.2) is 12.1 Å². The van der Waals surface area contributed by atoms with Gasteiger partial charge in [-0.2, -0.15) is 0 Å². The summed E-state index contributed by atoms with van der Waals surface area (Å²) in [6.45, 7) is 7.94. The molecule has 0 aliphatic rings. The molecule has 0 heterocycles. The minimum absolute atomic E-state index is 0.825. The van der Waals surface area contributed by atoms with Crippen LogP contribution in [0.1, 0.15) is 25.0 Å². The van der Waals surface area contributed by atoms with E-state index in [-0.39, 0.29) is 0 Å². The molecule has 0 atom stereocenters. The Kier molecular flexibility index (Phi) is 5.56. The Bertz CT molecular complexity index is 246. The number of rotatable bonds is 1. The van der Waals surface area contributed by atoms with Crippen LogP contribution in [0, 0.1) is 13.8 Å². The molecular weight excluding hydrogens is 184 g/mol. The Balaban J connectivity index is 0.000000671. The summed E-state index contributed by atoms with van der Waals surface area (Å²) in [6.07, 6.45) is 0. The van der Waals surface area contributed by atoms with Gasteiger partial charge < -0.3 is 4.74 Å². The van der Waals surface area contributed by atoms with E-state index < -0.39 is 0 Å². The maximum absolute atomic E-state index is 5.95. The van der Waals surface area contributed by atoms with Gasteiger partial charge in [-0.05, 0) is 37.1 Å². The molecule has 2 heteroatoms. The molecule has 74 valence electrons. The Morgan fingerprint density at radius 1 is 1.08 bits per heavy atom. The van der Waals surface area contributed by atoms with Gasteiger partial charge in [0.05, 0.1) is 7.11 Å². The highest BCUT2D eigenvalue weighted by atomic mass is 35.5. The fraction of sp³-hybridized carbons (Fsp3) is 0.455. The Morgan fingerprint density at radius 3 is 1.77 bits per heavy atom. The first-order valence-corrected chi connectivity index (χ1v) is 4.83. The lowest BCUT2D eigenvalue weighted by atomic mass is 10.1. The highest BCUT2D eigenvalue weighted by Gasteiger charge is 2.01. The van der Waals surface area contributed by atoms with Crippen molar-refractivity contribution in [3.8, 4) is 5.75 Å². The minimum atomic E-state index is 0.825. The number of benzene rings is 1. The van der Waals surface area contributed by atoms with Crippen LogP contribution in [0.2, 0.25) is 5.02 Å². The summed E-state index contributed by atoms with van der Waals surface area (Å²) in [6, 6.07) is 3.85. The number of hydrogen-bond donors (Lipinski definition) is 0. The van der Waals surface area contributed by atoms with Crippen molar-refractivity contribution in [3.05, 3.63) is 28.3 Å². The fourth-order valence-corrected chi connectivity index (χ4v) is 1.13. The zero-order valence-corrected chi connectivity index (χ0v) is 9.70. The first-order valence-electron chi connectivity index (χ1n) is 4.46. The molecule has 0 bridgehead atoms. The van der Waals surface area contributed by atoms with Crippen molar-refractivity contribution >= 4 is 11.6 Å². The predicted molar refractivity (Wildman–Crippen MR) is 58.8 cm³/mol. The molecule has 13 heavy (non-hydrogen) atoms. The van der Waals surface area contributed by atoms with Gasteiger partial charge in [0.15, 0.2) is 0 Å². The standard InChI is InChI=1S/C9H11ClO.C2H6/c1-6-4-8(11-3)5-7(2)9(6)10;1-2/h4-5H,1-3H3;1-2H3. The van der Waals surface area contributed by atoms with Gasteiger partial charge >= 0.3 is 0 Å². The summed E-state index contributed by atoms with van der Waals surface area (Å²) in [7, 11) is 1.65. The molecule has 0 N–H and O–H groups in total. The van der Waals surface area contributed by atoms with Crippen LogP contribution in [-0.4, -0.2) is 7.11 Å². The van der Waals surface area contributed by atoms with Crippen LogP contribution < -0.4 is 4.74 Å². The highest BCUT2D eigenvalue weighted by molar-refractivity contribution is 6.32. The third-order valence-electron chi connectivity index (χ3n) is 1.65. The van der Waals surface area contributed by atoms with Gasteiger partial charge in [-0.25, -0.2) is 0 Å². The first-order chi connectivity index (χ1) is 6.15. The molecule has 0 aromatic heterocycles. The van der Waals surface area contributed by atoms with E-state index in [0.29, 0.717) is 0 Å². The van der Waals surface area contributed by atoms with Crippen LogP contribution in [0.4, 0.5) is 0 Å². The zero-order valence-electron chi connectivity index (χ0n) is 8.94. The molecule has 1 nitrogen and oxygen atoms in total. The van der Waals surface area contributed by atoms with Gasteiger partial charge in [-0.15, -0.1) is 0 Å². The molecule has 0 aliphatic carbocycles. The van der Waals surface area contributed by atoms with Gasteiger partial charge in [-0.3, -0.25) is 0 Å². The topological polar surface area (TPSA) is 9.23 Å². The summed E-state index contributed by atoms with van der Waals surface area (Å²) < 4.78 is 5.07. The highest BCUT2D eigenvalue weighted by Crippen LogP contribution is 2.25. The Morgan fingerprint density at radius 2 is 1.46 bits per heavy atom. The molecule has 1 aromatic carbocycles. The lowest BCUT2D eigenvalue weighted by Gasteiger charge is -2.05. The number of aryl methyl sites for hydroxylation is 2. The molecule has 0 fully saturated rings. The zero-order chi connectivity index (χ0) is 10.4. The van der Waals surface area contributed by atoms with Gasteiger partial charge in [0.25, 0.3) is 0 Å². The number of ether oxygens (including phenoxy) is 1. The molecule has 0 unspecified atom stereocenters. The van der Waals surface area contributed by atoms with Crippen molar-refractivity contribution in [2.24, 2.45) is 0 Å². The second-order valence-corrected chi connectivity index (χ2v) is 2.95. The van der Waals surface area contributed by atoms with Crippen LogP contribution in [0.3, 0.4) is 0 Å². The van der Waals surface area contributed by atoms with E-state index in [9.17, 15) is 0 Å². The normalized spacial score (nSPS) is 8.77. The van der Waals surface area contributed by atoms with E-state index in [1.807, 2.05) is 39.8 Å². The lowest BCUT2D eigenvalue weighted by molar-refractivity contribution is 0.414. The first kappa shape index (κ1) is 12.3. The summed E-state index contributed by atoms with van der Waals surface area (Å²) in [5, 5.41) is 0.825. The summed E-state index contributed by atoms with van der Waals surface area (Å²) >= 11 is 5.95. The van der Waals surface area contributed by atoms with Gasteiger partial charge in [-0.1, -0.05) is 25.4 Å². The van der Waals surface area contributed by atoms with Crippen LogP contribution in [0.25, 0.3) is 0 Å². The van der Waals surface area contributed by atoms with E-state index >= 15 is 0 Å². The maximum Gasteiger partial charge on any atom is 0.119 e. The van der Waals surface area contributed by atoms with E-state index in [4.69, 9.17) is 16.3 Å². The predicted octanol–water partition coefficient (Wildman–Crippen LogP) is 3.99. The Hall–Kier alpha value is -0.690. The van der Waals surface area contributed by atoms with E-state index in [1.54, 1.807) is 7.11 Å². The smallest absolute Gasteiger partial charge is 0.119 e. The second kappa shape index (κ2) is 5.87. The average Bonchev–Trinajstić information content (AvgIpc) is 2.16. The third-order valence-corrected chi connectivity index (χ3v) is 2.24. The van der Waals surface area contributed by atoms with Crippen LogP contribution >= 0.6 is 11.6 Å². The molecule has 0 aliphatic heterocycles. The van der Waals surface area contributed by atoms with Crippen molar-refractivity contribution < 1.29 is 4.74 Å². The molecule has 0 spiro atoms. The van der Waals surface area contributed by atoms with Gasteiger partial charge in [0.1, 0.15) is 5.75 Å². The molecule has 0 saturated heterocycles. The van der Waals surface area contributed by atoms with Crippen LogP contribution in [0.5, 0.6) is 5.75 Å². The number of halogens is 1. The summed E-state index contributed by atoms with van der Waals surface area (Å²) in [5.74, 6) is 0.865. The second-order valence-electron chi connectivity index (χ2n) is 2.58. The van der Waals surface area contributed by atoms with Crippen molar-refractivity contribution in [3.63, 3.8) is 0 Å². The quantitative estimate of drug-likeness (QED) is 0.666. The van der Waals surface area contributed by atoms with E-state index in [1.165, 1.54) is 0 Å². The SMILES string of the molecule is CC.COc1cc(C)c(Cl)c(C)c1. The van der Waals surface area contributed by atoms with Crippen LogP contribution in [-0.2, 0) is 0 Å². The van der Waals surface area contributed by atoms with Gasteiger partial charge in [0.2, 0.25) is 0 Å². The van der Waals surface area contributed by atoms with Gasteiger partial charge in [0, 0.05) is 5.02 Å². The molecule has 1 rings (SSSR count). The van der Waals surface area contributed by atoms with Crippen molar-refractivity contribution in [2.75, 3.05) is 7.11 Å². The average molecular weight is 201 g/mol. The molecule has 1 aromatic rings. The summed E-state index contributed by atoms with van der Waals surface area (Å²) in [4.78, 5) is 0. The minimum Gasteiger partial charge on any atom is -0.497 e. The van der Waals surface area contributed by atoms with Crippen molar-refractivity contribution in [2.45, 2.75) is 27.7 Å². The maximum atomic E-state index is 5.95. The Labute approximate surface area is 85.7 Å². The van der Waals surface area contributed by atoms with Crippen molar-refractivity contribution in [1.82, 2.24) is 0 Å². The number of methoxy groups -OCH3 is 1. The molecule has 0 radical (unpaired) electrons. The van der Waals surface area contributed by atoms with E-state index in [2.05, 4.69) is 0 Å². The third kappa shape index (κ3) is 3.27. The largest absolute Gasteiger partial charge is 0.497 e.